The van der Waals surface area contributed by atoms with Crippen molar-refractivity contribution < 1.29 is 19.5 Å². The molecule has 31 heavy (non-hydrogen) atoms. The summed E-state index contributed by atoms with van der Waals surface area (Å²) in [7, 11) is 0. The van der Waals surface area contributed by atoms with Gasteiger partial charge in [-0.1, -0.05) is 25.8 Å². The summed E-state index contributed by atoms with van der Waals surface area (Å²) in [6.07, 6.45) is 6.27. The standard InChI is InChI=1S/C20H24N6O4S/c1-2-3-4-5-7-16-19(29)26(20(30)31-16)11-6-8-17(28)21-13-9-10-14(15(27)12-13)18-22-24-25-23-18/h7,9-10,12,27H,2-6,8,11H2,1H3,(H,21,28)(H,22,23,24,25)/b16-7-. The number of allylic oxidation sites excluding steroid dienone is 1. The summed E-state index contributed by atoms with van der Waals surface area (Å²) in [6.45, 7) is 2.30. The van der Waals surface area contributed by atoms with Gasteiger partial charge in [0.05, 0.1) is 10.5 Å². The molecule has 0 radical (unpaired) electrons. The van der Waals surface area contributed by atoms with Crippen molar-refractivity contribution in [2.24, 2.45) is 0 Å². The van der Waals surface area contributed by atoms with E-state index in [1.54, 1.807) is 12.1 Å². The van der Waals surface area contributed by atoms with Crippen molar-refractivity contribution in [3.05, 3.63) is 29.2 Å². The molecular formula is C20H24N6O4S. The van der Waals surface area contributed by atoms with Crippen LogP contribution in [0.4, 0.5) is 10.5 Å². The summed E-state index contributed by atoms with van der Waals surface area (Å²) in [5.74, 6) is -0.336. The molecule has 10 nitrogen and oxygen atoms in total. The largest absolute Gasteiger partial charge is 0.507 e. The van der Waals surface area contributed by atoms with E-state index in [0.717, 1.165) is 37.4 Å². The van der Waals surface area contributed by atoms with E-state index in [2.05, 4.69) is 32.9 Å². The number of hydrogen-bond donors (Lipinski definition) is 3. The number of aromatic hydroxyl groups is 1. The second-order valence-corrected chi connectivity index (χ2v) is 8.02. The predicted molar refractivity (Wildman–Crippen MR) is 116 cm³/mol. The summed E-state index contributed by atoms with van der Waals surface area (Å²) in [5.41, 5.74) is 0.824. The molecule has 1 aromatic carbocycles. The number of aromatic nitrogens is 4. The topological polar surface area (TPSA) is 141 Å². The van der Waals surface area contributed by atoms with Crippen molar-refractivity contribution in [3.8, 4) is 17.1 Å². The number of phenolic OH excluding ortho intramolecular Hbond substituents is 1. The van der Waals surface area contributed by atoms with Crippen LogP contribution >= 0.6 is 11.8 Å². The molecule has 2 heterocycles. The normalized spacial score (nSPS) is 15.1. The zero-order chi connectivity index (χ0) is 22.2. The highest BCUT2D eigenvalue weighted by Gasteiger charge is 2.34. The Morgan fingerprint density at radius 2 is 2.13 bits per heavy atom. The molecule has 1 aliphatic rings. The number of carbonyl (C=O) groups is 3. The fourth-order valence-corrected chi connectivity index (χ4v) is 3.93. The molecule has 11 heteroatoms. The molecule has 0 saturated carbocycles. The molecule has 3 rings (SSSR count). The monoisotopic (exact) mass is 444 g/mol. The number of nitrogens with zero attached hydrogens (tertiary/aromatic N) is 4. The Bertz CT molecular complexity index is 976. The van der Waals surface area contributed by atoms with Crippen LogP contribution in [0.1, 0.15) is 45.4 Å². The Hall–Kier alpha value is -3.21. The average molecular weight is 445 g/mol. The predicted octanol–water partition coefficient (Wildman–Crippen LogP) is 3.45. The Kier molecular flexibility index (Phi) is 7.76. The molecule has 3 N–H and O–H groups in total. The molecule has 0 atom stereocenters. The van der Waals surface area contributed by atoms with Gasteiger partial charge in [0.2, 0.25) is 5.91 Å². The second kappa shape index (κ2) is 10.7. The second-order valence-electron chi connectivity index (χ2n) is 7.02. The quantitative estimate of drug-likeness (QED) is 0.374. The Labute approximate surface area is 183 Å². The SMILES string of the molecule is CCCCC/C=C1\SC(=O)N(CCCC(=O)Nc2ccc(-c3nnn[nH]3)c(O)c2)C1=O. The smallest absolute Gasteiger partial charge is 0.293 e. The number of amides is 3. The van der Waals surface area contributed by atoms with E-state index in [1.807, 2.05) is 6.08 Å². The van der Waals surface area contributed by atoms with Gasteiger partial charge >= 0.3 is 0 Å². The third kappa shape index (κ3) is 5.91. The van der Waals surface area contributed by atoms with Crippen LogP contribution in [0.15, 0.2) is 29.2 Å². The van der Waals surface area contributed by atoms with Gasteiger partial charge in [0.15, 0.2) is 5.82 Å². The molecule has 1 aliphatic heterocycles. The number of hydrogen-bond acceptors (Lipinski definition) is 8. The van der Waals surface area contributed by atoms with E-state index >= 15 is 0 Å². The van der Waals surface area contributed by atoms with Gasteiger partial charge in [-0.05, 0) is 53.6 Å². The molecule has 164 valence electrons. The third-order valence-corrected chi connectivity index (χ3v) is 5.63. The molecule has 0 bridgehead atoms. The molecule has 0 unspecified atom stereocenters. The first-order valence-electron chi connectivity index (χ1n) is 10.1. The summed E-state index contributed by atoms with van der Waals surface area (Å²) in [6, 6.07) is 4.60. The van der Waals surface area contributed by atoms with E-state index in [0.29, 0.717) is 28.4 Å². The number of benzene rings is 1. The number of thioether (sulfide) groups is 1. The van der Waals surface area contributed by atoms with Crippen molar-refractivity contribution in [2.45, 2.75) is 45.4 Å². The Balaban J connectivity index is 1.46. The maximum Gasteiger partial charge on any atom is 0.293 e. The summed E-state index contributed by atoms with van der Waals surface area (Å²) >= 11 is 0.957. The number of carbonyl (C=O) groups excluding carboxylic acids is 3. The number of H-pyrrole nitrogens is 1. The van der Waals surface area contributed by atoms with Crippen LogP contribution < -0.4 is 5.32 Å². The van der Waals surface area contributed by atoms with Crippen LogP contribution in [0.25, 0.3) is 11.4 Å². The zero-order valence-electron chi connectivity index (χ0n) is 17.1. The molecule has 1 saturated heterocycles. The van der Waals surface area contributed by atoms with Gasteiger partial charge in [0.25, 0.3) is 11.1 Å². The average Bonchev–Trinajstić information content (AvgIpc) is 3.35. The maximum atomic E-state index is 12.4. The lowest BCUT2D eigenvalue weighted by Gasteiger charge is -2.12. The molecular weight excluding hydrogens is 420 g/mol. The maximum absolute atomic E-state index is 12.4. The number of rotatable bonds is 10. The van der Waals surface area contributed by atoms with E-state index in [9.17, 15) is 19.5 Å². The van der Waals surface area contributed by atoms with Crippen LogP contribution in [0.2, 0.25) is 0 Å². The molecule has 3 amide bonds. The number of tetrazole rings is 1. The number of aromatic amines is 1. The van der Waals surface area contributed by atoms with E-state index < -0.39 is 0 Å². The molecule has 1 aromatic heterocycles. The number of imide groups is 1. The lowest BCUT2D eigenvalue weighted by Crippen LogP contribution is -2.29. The van der Waals surface area contributed by atoms with Crippen LogP contribution in [0.3, 0.4) is 0 Å². The molecule has 1 fully saturated rings. The highest BCUT2D eigenvalue weighted by atomic mass is 32.2. The van der Waals surface area contributed by atoms with Crippen molar-refractivity contribution in [1.82, 2.24) is 25.5 Å². The fourth-order valence-electron chi connectivity index (χ4n) is 3.06. The summed E-state index contributed by atoms with van der Waals surface area (Å²) in [4.78, 5) is 38.4. The summed E-state index contributed by atoms with van der Waals surface area (Å²) in [5, 5.41) is 25.7. The summed E-state index contributed by atoms with van der Waals surface area (Å²) < 4.78 is 0. The highest BCUT2D eigenvalue weighted by Crippen LogP contribution is 2.31. The zero-order valence-corrected chi connectivity index (χ0v) is 17.9. The van der Waals surface area contributed by atoms with Gasteiger partial charge in [-0.2, -0.15) is 0 Å². The van der Waals surface area contributed by atoms with Crippen LogP contribution in [-0.4, -0.2) is 54.2 Å². The Morgan fingerprint density at radius 3 is 2.84 bits per heavy atom. The first kappa shape index (κ1) is 22.5. The van der Waals surface area contributed by atoms with Crippen molar-refractivity contribution in [3.63, 3.8) is 0 Å². The van der Waals surface area contributed by atoms with Crippen molar-refractivity contribution in [1.29, 1.82) is 0 Å². The Morgan fingerprint density at radius 1 is 1.29 bits per heavy atom. The minimum absolute atomic E-state index is 0.0834. The van der Waals surface area contributed by atoms with Crippen LogP contribution in [0, 0.1) is 0 Å². The van der Waals surface area contributed by atoms with Gasteiger partial charge in [-0.15, -0.1) is 5.10 Å². The minimum Gasteiger partial charge on any atom is -0.507 e. The van der Waals surface area contributed by atoms with Gasteiger partial charge < -0.3 is 10.4 Å². The number of phenols is 1. The van der Waals surface area contributed by atoms with E-state index in [1.165, 1.54) is 11.0 Å². The van der Waals surface area contributed by atoms with E-state index in [4.69, 9.17) is 0 Å². The van der Waals surface area contributed by atoms with Gasteiger partial charge in [0.1, 0.15) is 5.75 Å². The first-order chi connectivity index (χ1) is 15.0. The number of unbranched alkanes of at least 4 members (excludes halogenated alkanes) is 3. The van der Waals surface area contributed by atoms with Gasteiger partial charge in [-0.25, -0.2) is 5.10 Å². The van der Waals surface area contributed by atoms with E-state index in [-0.39, 0.29) is 35.8 Å². The highest BCUT2D eigenvalue weighted by molar-refractivity contribution is 8.18. The molecule has 0 aliphatic carbocycles. The lowest BCUT2D eigenvalue weighted by atomic mass is 10.1. The molecule has 0 spiro atoms. The number of nitrogens with one attached hydrogen (secondary N) is 2. The lowest BCUT2D eigenvalue weighted by molar-refractivity contribution is -0.123. The first-order valence-corrected chi connectivity index (χ1v) is 10.9. The van der Waals surface area contributed by atoms with Crippen molar-refractivity contribution in [2.75, 3.05) is 11.9 Å². The van der Waals surface area contributed by atoms with Crippen LogP contribution in [-0.2, 0) is 9.59 Å². The van der Waals surface area contributed by atoms with Gasteiger partial charge in [0, 0.05) is 24.7 Å². The van der Waals surface area contributed by atoms with Crippen molar-refractivity contribution >= 4 is 34.5 Å². The fraction of sp³-hybridized carbons (Fsp3) is 0.400. The van der Waals surface area contributed by atoms with Crippen LogP contribution in [0.5, 0.6) is 5.75 Å². The number of anilines is 1. The minimum atomic E-state index is -0.297. The van der Waals surface area contributed by atoms with Gasteiger partial charge in [-0.3, -0.25) is 19.3 Å². The molecule has 2 aromatic rings. The third-order valence-electron chi connectivity index (χ3n) is 4.68.